The van der Waals surface area contributed by atoms with Gasteiger partial charge < -0.3 is 15.0 Å². The Bertz CT molecular complexity index is 1250. The lowest BCUT2D eigenvalue weighted by atomic mass is 9.37. The summed E-state index contributed by atoms with van der Waals surface area (Å²) in [7, 11) is 1.46. The van der Waals surface area contributed by atoms with E-state index in [1.807, 2.05) is 12.1 Å². The van der Waals surface area contributed by atoms with E-state index in [0.29, 0.717) is 27.9 Å². The molecule has 0 spiro atoms. The lowest BCUT2D eigenvalue weighted by Crippen LogP contribution is -2.63. The van der Waals surface area contributed by atoms with Crippen molar-refractivity contribution in [2.45, 2.75) is 97.4 Å². The summed E-state index contributed by atoms with van der Waals surface area (Å²) in [5.74, 6) is 6.59. The molecular weight excluding hydrogens is 561 g/mol. The van der Waals surface area contributed by atoms with Gasteiger partial charge in [0.05, 0.1) is 12.7 Å². The van der Waals surface area contributed by atoms with Crippen molar-refractivity contribution in [1.82, 2.24) is 10.2 Å². The van der Waals surface area contributed by atoms with Crippen LogP contribution in [0.5, 0.6) is 0 Å². The van der Waals surface area contributed by atoms with E-state index < -0.39 is 0 Å². The van der Waals surface area contributed by atoms with Gasteiger partial charge in [-0.15, -0.1) is 0 Å². The first-order valence-electron chi connectivity index (χ1n) is 18.1. The number of esters is 1. The Hall–Kier alpha value is -1.30. The summed E-state index contributed by atoms with van der Waals surface area (Å²) in [6, 6.07) is 8.18. The van der Waals surface area contributed by atoms with Crippen LogP contribution < -0.4 is 5.32 Å². The number of nitrogens with one attached hydrogen (secondary N) is 1. The van der Waals surface area contributed by atoms with E-state index in [2.05, 4.69) is 67.9 Å². The Morgan fingerprint density at radius 2 is 1.68 bits per heavy atom. The first-order chi connectivity index (χ1) is 21.1. The molecule has 242 valence electrons. The highest BCUT2D eigenvalue weighted by molar-refractivity contribution is 7.99. The molecule has 1 aromatic carbocycles. The highest BCUT2D eigenvalue weighted by atomic mass is 32.2. The molecule has 1 N–H and O–H groups in total. The van der Waals surface area contributed by atoms with Gasteiger partial charge in [-0.1, -0.05) is 52.3 Å². The van der Waals surface area contributed by atoms with Crippen molar-refractivity contribution >= 4 is 23.3 Å². The molecule has 0 bridgehead atoms. The van der Waals surface area contributed by atoms with Gasteiger partial charge in [0.25, 0.3) is 0 Å². The van der Waals surface area contributed by atoms with Crippen LogP contribution in [0.25, 0.3) is 5.57 Å². The number of carbonyl (C=O) groups is 1. The summed E-state index contributed by atoms with van der Waals surface area (Å²) >= 11 is 2.12. The largest absolute Gasteiger partial charge is 0.465 e. The molecule has 4 nitrogen and oxygen atoms in total. The summed E-state index contributed by atoms with van der Waals surface area (Å²) in [4.78, 5) is 14.8. The zero-order chi connectivity index (χ0) is 30.7. The summed E-state index contributed by atoms with van der Waals surface area (Å²) < 4.78 is 4.95. The van der Waals surface area contributed by atoms with Crippen molar-refractivity contribution in [2.75, 3.05) is 44.8 Å². The number of benzene rings is 1. The molecule has 0 amide bonds. The fourth-order valence-corrected chi connectivity index (χ4v) is 13.8. The molecule has 5 fully saturated rings. The number of methoxy groups -OCH3 is 1. The van der Waals surface area contributed by atoms with Crippen molar-refractivity contribution < 1.29 is 9.53 Å². The van der Waals surface area contributed by atoms with E-state index >= 15 is 0 Å². The third kappa shape index (κ3) is 4.96. The zero-order valence-corrected chi connectivity index (χ0v) is 29.1. The maximum atomic E-state index is 12.1. The normalized spacial score (nSPS) is 41.5. The van der Waals surface area contributed by atoms with Gasteiger partial charge in [-0.05, 0) is 127 Å². The number of ether oxygens (including phenoxy) is 1. The predicted octanol–water partition coefficient (Wildman–Crippen LogP) is 8.32. The number of rotatable bonds is 6. The molecule has 5 heteroatoms. The average molecular weight is 619 g/mol. The van der Waals surface area contributed by atoms with Crippen LogP contribution in [0.4, 0.5) is 0 Å². The summed E-state index contributed by atoms with van der Waals surface area (Å²) in [5.41, 5.74) is 4.75. The molecule has 4 saturated carbocycles. The number of thioether (sulfide) groups is 1. The Morgan fingerprint density at radius 1 is 0.909 bits per heavy atom. The fourth-order valence-electron chi connectivity index (χ4n) is 12.8. The highest BCUT2D eigenvalue weighted by Crippen LogP contribution is 2.72. The Labute approximate surface area is 271 Å². The number of hydrogen-bond acceptors (Lipinski definition) is 5. The molecule has 6 aliphatic rings. The molecular formula is C39H58N2O2S. The van der Waals surface area contributed by atoms with Crippen LogP contribution in [0.15, 0.2) is 30.3 Å². The van der Waals surface area contributed by atoms with Crippen molar-refractivity contribution in [3.8, 4) is 0 Å². The van der Waals surface area contributed by atoms with Crippen LogP contribution in [0.2, 0.25) is 0 Å². The van der Waals surface area contributed by atoms with Crippen LogP contribution in [-0.4, -0.2) is 61.2 Å². The van der Waals surface area contributed by atoms with Crippen LogP contribution in [0.3, 0.4) is 0 Å². The molecule has 8 atom stereocenters. The molecule has 0 aromatic heterocycles. The second kappa shape index (κ2) is 11.7. The summed E-state index contributed by atoms with van der Waals surface area (Å²) in [6.07, 6.45) is 16.6. The number of allylic oxidation sites excluding steroid dienone is 2. The van der Waals surface area contributed by atoms with Gasteiger partial charge >= 0.3 is 5.97 Å². The summed E-state index contributed by atoms with van der Waals surface area (Å²) in [6.45, 7) is 15.5. The number of carbonyl (C=O) groups excluding carboxylic acids is 1. The fraction of sp³-hybridized carbons (Fsp3) is 0.769. The summed E-state index contributed by atoms with van der Waals surface area (Å²) in [5, 5.41) is 4.28. The molecule has 1 heterocycles. The molecule has 1 aromatic rings. The monoisotopic (exact) mass is 618 g/mol. The molecule has 44 heavy (non-hydrogen) atoms. The second-order valence-corrected chi connectivity index (χ2v) is 17.9. The molecule has 5 aliphatic carbocycles. The molecule has 5 unspecified atom stereocenters. The van der Waals surface area contributed by atoms with E-state index in [4.69, 9.17) is 4.74 Å². The van der Waals surface area contributed by atoms with Crippen LogP contribution in [0, 0.1) is 45.8 Å². The van der Waals surface area contributed by atoms with Gasteiger partial charge in [0, 0.05) is 43.2 Å². The third-order valence-electron chi connectivity index (χ3n) is 14.7. The van der Waals surface area contributed by atoms with E-state index in [-0.39, 0.29) is 11.4 Å². The van der Waals surface area contributed by atoms with Crippen molar-refractivity contribution in [1.29, 1.82) is 0 Å². The minimum absolute atomic E-state index is 0.113. The van der Waals surface area contributed by atoms with Crippen molar-refractivity contribution in [3.63, 3.8) is 0 Å². The Balaban J connectivity index is 1.09. The molecule has 1 saturated heterocycles. The predicted molar refractivity (Wildman–Crippen MR) is 184 cm³/mol. The maximum absolute atomic E-state index is 12.1. The minimum Gasteiger partial charge on any atom is -0.465 e. The lowest BCUT2D eigenvalue weighted by molar-refractivity contribution is -0.172. The SMILES string of the molecule is COC(=O)c1ccc(C2=CCC3(C)[C@@H](CCC4(C)C5CCC6(NCCN7CCSCC7)CCC[C@@H]6C5CC[C@@H]43)C2(C)C)cc1. The quantitative estimate of drug-likeness (QED) is 0.325. The maximum Gasteiger partial charge on any atom is 0.337 e. The van der Waals surface area contributed by atoms with E-state index in [0.717, 1.165) is 23.7 Å². The Kier molecular flexibility index (Phi) is 8.35. The van der Waals surface area contributed by atoms with Crippen LogP contribution >= 0.6 is 11.8 Å². The van der Waals surface area contributed by atoms with Crippen molar-refractivity contribution in [3.05, 3.63) is 41.5 Å². The van der Waals surface area contributed by atoms with Gasteiger partial charge in [0.1, 0.15) is 0 Å². The number of hydrogen-bond donors (Lipinski definition) is 1. The standard InChI is InChI=1S/C39H58N2O2S/c1-36(2)30(27-8-10-28(11-9-27)35(42)43-5)14-18-38(4)33(36)16-19-37(3)31-15-20-39(40-21-22-41-23-25-44-26-24-41)17-6-7-32(39)29(31)12-13-34(37)38/h8-11,14,29,31-34,40H,6-7,12-13,15-26H2,1-5H3/t29?,31?,32-,33+,34+,37?,38?,39?/m1/s1. The van der Waals surface area contributed by atoms with Gasteiger partial charge in [-0.25, -0.2) is 4.79 Å². The average Bonchev–Trinajstić information content (AvgIpc) is 3.45. The smallest absolute Gasteiger partial charge is 0.337 e. The minimum atomic E-state index is -0.256. The molecule has 0 radical (unpaired) electrons. The first kappa shape index (κ1) is 31.3. The van der Waals surface area contributed by atoms with Gasteiger partial charge in [0.2, 0.25) is 0 Å². The zero-order valence-electron chi connectivity index (χ0n) is 28.3. The second-order valence-electron chi connectivity index (χ2n) is 16.7. The van der Waals surface area contributed by atoms with Crippen LogP contribution in [-0.2, 0) is 4.74 Å². The van der Waals surface area contributed by atoms with Crippen LogP contribution in [0.1, 0.15) is 108 Å². The van der Waals surface area contributed by atoms with Gasteiger partial charge in [-0.2, -0.15) is 11.8 Å². The molecule has 7 rings (SSSR count). The van der Waals surface area contributed by atoms with Crippen molar-refractivity contribution in [2.24, 2.45) is 45.8 Å². The number of fused-ring (bicyclic) bond motifs is 7. The topological polar surface area (TPSA) is 41.6 Å². The van der Waals surface area contributed by atoms with E-state index in [9.17, 15) is 4.79 Å². The van der Waals surface area contributed by atoms with E-state index in [1.165, 1.54) is 120 Å². The lowest BCUT2D eigenvalue weighted by Gasteiger charge is -2.68. The first-order valence-corrected chi connectivity index (χ1v) is 19.2. The van der Waals surface area contributed by atoms with E-state index in [1.54, 1.807) is 0 Å². The van der Waals surface area contributed by atoms with Gasteiger partial charge in [-0.3, -0.25) is 0 Å². The van der Waals surface area contributed by atoms with Gasteiger partial charge in [0.15, 0.2) is 0 Å². The third-order valence-corrected chi connectivity index (χ3v) is 15.7. The Morgan fingerprint density at radius 3 is 2.43 bits per heavy atom. The molecule has 1 aliphatic heterocycles. The highest BCUT2D eigenvalue weighted by Gasteiger charge is 2.65. The number of nitrogens with zero attached hydrogens (tertiary/aromatic N) is 1.